The van der Waals surface area contributed by atoms with Crippen LogP contribution in [0.5, 0.6) is 0 Å². The van der Waals surface area contributed by atoms with Crippen LogP contribution < -0.4 is 0 Å². The van der Waals surface area contributed by atoms with Crippen LogP contribution in [0.15, 0.2) is 0 Å². The lowest BCUT2D eigenvalue weighted by Crippen LogP contribution is -2.34. The van der Waals surface area contributed by atoms with Gasteiger partial charge in [-0.1, -0.05) is 5.92 Å². The van der Waals surface area contributed by atoms with E-state index in [1.54, 1.807) is 7.11 Å². The molecule has 0 bridgehead atoms. The van der Waals surface area contributed by atoms with Crippen molar-refractivity contribution in [2.45, 2.75) is 57.8 Å². The summed E-state index contributed by atoms with van der Waals surface area (Å²) in [6, 6.07) is 0. The maximum absolute atomic E-state index is 9.60. The van der Waals surface area contributed by atoms with Crippen molar-refractivity contribution in [2.24, 2.45) is 0 Å². The fraction of sp³-hybridized carbons (Fsp3) is 0.882. The van der Waals surface area contributed by atoms with Gasteiger partial charge in [-0.05, 0) is 40.5 Å². The molecule has 0 rings (SSSR count). The fourth-order valence-corrected chi connectivity index (χ4v) is 1.73. The number of methoxy groups -OCH3 is 1. The van der Waals surface area contributed by atoms with Gasteiger partial charge in [0.2, 0.25) is 0 Å². The van der Waals surface area contributed by atoms with E-state index in [4.69, 9.17) is 25.4 Å². The van der Waals surface area contributed by atoms with Crippen LogP contribution in [0.1, 0.15) is 40.5 Å². The third kappa shape index (κ3) is 12.0. The maximum atomic E-state index is 9.60. The minimum atomic E-state index is -0.602. The molecule has 0 radical (unpaired) electrons. The van der Waals surface area contributed by atoms with E-state index in [-0.39, 0.29) is 24.4 Å². The van der Waals surface area contributed by atoms with Crippen molar-refractivity contribution in [3.8, 4) is 12.3 Å². The highest BCUT2D eigenvalue weighted by atomic mass is 16.5. The zero-order valence-electron chi connectivity index (χ0n) is 14.7. The third-order valence-corrected chi connectivity index (χ3v) is 3.26. The number of terminal acetylenes is 1. The van der Waals surface area contributed by atoms with E-state index in [2.05, 4.69) is 5.92 Å². The van der Waals surface area contributed by atoms with Gasteiger partial charge in [-0.2, -0.15) is 0 Å². The second kappa shape index (κ2) is 11.0. The van der Waals surface area contributed by atoms with Gasteiger partial charge in [0.1, 0.15) is 12.7 Å². The van der Waals surface area contributed by atoms with Crippen LogP contribution in [0, 0.1) is 12.3 Å². The van der Waals surface area contributed by atoms with Gasteiger partial charge in [-0.3, -0.25) is 0 Å². The smallest absolute Gasteiger partial charge is 0.107 e. The van der Waals surface area contributed by atoms with E-state index >= 15 is 0 Å². The van der Waals surface area contributed by atoms with Crippen LogP contribution in [-0.4, -0.2) is 62.6 Å². The van der Waals surface area contributed by atoms with Crippen molar-refractivity contribution in [3.63, 3.8) is 0 Å². The molecule has 0 spiro atoms. The van der Waals surface area contributed by atoms with E-state index < -0.39 is 6.10 Å². The first-order valence-corrected chi connectivity index (χ1v) is 7.68. The Balaban J connectivity index is 3.92. The first-order valence-electron chi connectivity index (χ1n) is 7.68. The van der Waals surface area contributed by atoms with E-state index in [9.17, 15) is 5.11 Å². The molecule has 0 aliphatic heterocycles. The topological polar surface area (TPSA) is 57.2 Å². The molecule has 5 heteroatoms. The summed E-state index contributed by atoms with van der Waals surface area (Å²) in [6.45, 7) is 10.1. The van der Waals surface area contributed by atoms with Crippen molar-refractivity contribution in [1.29, 1.82) is 0 Å². The minimum Gasteiger partial charge on any atom is -0.388 e. The molecular weight excluding hydrogens is 284 g/mol. The highest BCUT2D eigenvalue weighted by Crippen LogP contribution is 2.19. The number of hydrogen-bond acceptors (Lipinski definition) is 5. The van der Waals surface area contributed by atoms with Crippen LogP contribution in [0.2, 0.25) is 0 Å². The Hall–Kier alpha value is -0.640. The third-order valence-electron chi connectivity index (χ3n) is 3.26. The van der Waals surface area contributed by atoms with Gasteiger partial charge in [0.15, 0.2) is 0 Å². The molecule has 0 unspecified atom stereocenters. The molecule has 0 aromatic rings. The number of aliphatic hydroxyl groups excluding tert-OH is 1. The van der Waals surface area contributed by atoms with E-state index in [0.717, 1.165) is 12.8 Å². The predicted octanol–water partition coefficient (Wildman–Crippen LogP) is 2.01. The lowest BCUT2D eigenvalue weighted by Gasteiger charge is -2.30. The number of rotatable bonds is 13. The summed E-state index contributed by atoms with van der Waals surface area (Å²) in [5.74, 6) is 2.44. The molecule has 5 nitrogen and oxygen atoms in total. The molecule has 130 valence electrons. The lowest BCUT2D eigenvalue weighted by molar-refractivity contribution is -0.102. The molecule has 0 aliphatic carbocycles. The van der Waals surface area contributed by atoms with Crippen molar-refractivity contribution < 1.29 is 24.1 Å². The summed E-state index contributed by atoms with van der Waals surface area (Å²) in [6.07, 6.45) is 6.05. The summed E-state index contributed by atoms with van der Waals surface area (Å²) in [4.78, 5) is 0. The number of aliphatic hydroxyl groups is 1. The quantitative estimate of drug-likeness (QED) is 0.416. The Morgan fingerprint density at radius 3 is 2.18 bits per heavy atom. The summed E-state index contributed by atoms with van der Waals surface area (Å²) < 4.78 is 21.8. The molecular formula is C17H32O5. The van der Waals surface area contributed by atoms with Crippen LogP contribution in [0.4, 0.5) is 0 Å². The van der Waals surface area contributed by atoms with Gasteiger partial charge >= 0.3 is 0 Å². The van der Waals surface area contributed by atoms with Crippen LogP contribution in [0.25, 0.3) is 0 Å². The molecule has 0 fully saturated rings. The molecule has 0 heterocycles. The largest absolute Gasteiger partial charge is 0.388 e. The second-order valence-corrected chi connectivity index (χ2v) is 6.54. The minimum absolute atomic E-state index is 0.254. The van der Waals surface area contributed by atoms with Gasteiger partial charge < -0.3 is 24.1 Å². The molecule has 1 atom stereocenters. The number of hydrogen-bond donors (Lipinski definition) is 1. The van der Waals surface area contributed by atoms with E-state index in [1.165, 1.54) is 0 Å². The number of ether oxygens (including phenoxy) is 4. The molecule has 1 N–H and O–H groups in total. The Labute approximate surface area is 135 Å². The second-order valence-electron chi connectivity index (χ2n) is 6.54. The van der Waals surface area contributed by atoms with Crippen molar-refractivity contribution in [2.75, 3.05) is 40.1 Å². The predicted molar refractivity (Wildman–Crippen MR) is 86.8 cm³/mol. The summed E-state index contributed by atoms with van der Waals surface area (Å²) >= 11 is 0. The molecule has 0 aliphatic rings. The summed E-state index contributed by atoms with van der Waals surface area (Å²) in [5.41, 5.74) is -0.620. The maximum Gasteiger partial charge on any atom is 0.107 e. The Morgan fingerprint density at radius 2 is 1.59 bits per heavy atom. The molecule has 0 saturated carbocycles. The Kier molecular flexibility index (Phi) is 10.7. The SMILES string of the molecule is C#CCOCCC(C)(C)OCCC(C)(C)OC[C@H](O)COC. The Morgan fingerprint density at radius 1 is 1.00 bits per heavy atom. The summed E-state index contributed by atoms with van der Waals surface area (Å²) in [5, 5.41) is 9.60. The Bertz CT molecular complexity index is 320. The molecule has 0 amide bonds. The standard InChI is InChI=1S/C17H32O5/c1-7-10-20-11-8-16(2,3)21-12-9-17(4,5)22-14-15(18)13-19-6/h1,15,18H,8-14H2,2-6H3/t15-/m1/s1. The van der Waals surface area contributed by atoms with E-state index in [0.29, 0.717) is 19.8 Å². The first-order chi connectivity index (χ1) is 10.2. The van der Waals surface area contributed by atoms with Crippen molar-refractivity contribution in [3.05, 3.63) is 0 Å². The van der Waals surface area contributed by atoms with Gasteiger partial charge in [0.05, 0.1) is 37.6 Å². The van der Waals surface area contributed by atoms with Crippen LogP contribution in [0.3, 0.4) is 0 Å². The molecule has 0 saturated heterocycles. The van der Waals surface area contributed by atoms with Crippen LogP contribution >= 0.6 is 0 Å². The fourth-order valence-electron chi connectivity index (χ4n) is 1.73. The highest BCUT2D eigenvalue weighted by Gasteiger charge is 2.23. The van der Waals surface area contributed by atoms with Gasteiger partial charge in [0.25, 0.3) is 0 Å². The van der Waals surface area contributed by atoms with Gasteiger partial charge in [-0.25, -0.2) is 0 Å². The zero-order valence-corrected chi connectivity index (χ0v) is 14.7. The van der Waals surface area contributed by atoms with Gasteiger partial charge in [0, 0.05) is 7.11 Å². The monoisotopic (exact) mass is 316 g/mol. The van der Waals surface area contributed by atoms with Crippen LogP contribution in [-0.2, 0) is 18.9 Å². The first kappa shape index (κ1) is 21.4. The highest BCUT2D eigenvalue weighted by molar-refractivity contribution is 4.83. The molecule has 0 aromatic carbocycles. The molecule has 0 aromatic heterocycles. The average molecular weight is 316 g/mol. The van der Waals surface area contributed by atoms with Crippen molar-refractivity contribution >= 4 is 0 Å². The van der Waals surface area contributed by atoms with Crippen molar-refractivity contribution in [1.82, 2.24) is 0 Å². The lowest BCUT2D eigenvalue weighted by atomic mass is 10.0. The molecule has 22 heavy (non-hydrogen) atoms. The van der Waals surface area contributed by atoms with Gasteiger partial charge in [-0.15, -0.1) is 6.42 Å². The normalized spacial score (nSPS) is 13.9. The zero-order chi connectivity index (χ0) is 17.1. The summed E-state index contributed by atoms with van der Waals surface area (Å²) in [7, 11) is 1.55. The van der Waals surface area contributed by atoms with E-state index in [1.807, 2.05) is 27.7 Å². The average Bonchev–Trinajstić information content (AvgIpc) is 2.41.